The number of carbonyl (C=O) groups is 1. The largest absolute Gasteiger partial charge is 0.378 e. The molecular formula is C42H38ClN17O3S3. The summed E-state index contributed by atoms with van der Waals surface area (Å²) in [7, 11) is 0. The van der Waals surface area contributed by atoms with Gasteiger partial charge in [0.05, 0.1) is 49.6 Å². The predicted molar refractivity (Wildman–Crippen MR) is 253 cm³/mol. The van der Waals surface area contributed by atoms with E-state index in [2.05, 4.69) is 56.6 Å². The van der Waals surface area contributed by atoms with Crippen molar-refractivity contribution < 1.29 is 9.53 Å². The fourth-order valence-corrected chi connectivity index (χ4v) is 8.69. The molecule has 9 aromatic rings. The lowest BCUT2D eigenvalue weighted by Crippen LogP contribution is -2.27. The van der Waals surface area contributed by atoms with Gasteiger partial charge in [0.2, 0.25) is 10.3 Å². The Labute approximate surface area is 392 Å². The van der Waals surface area contributed by atoms with Crippen LogP contribution < -0.4 is 21.9 Å². The van der Waals surface area contributed by atoms with Gasteiger partial charge in [-0.1, -0.05) is 118 Å². The number of azo groups is 1. The number of aromatic nitrogens is 12. The Morgan fingerprint density at radius 1 is 0.924 bits per heavy atom. The number of thioether (sulfide) groups is 1. The van der Waals surface area contributed by atoms with Crippen LogP contribution in [0.3, 0.4) is 0 Å². The van der Waals surface area contributed by atoms with E-state index in [1.54, 1.807) is 9.36 Å². The zero-order valence-corrected chi connectivity index (χ0v) is 37.9. The first-order valence-corrected chi connectivity index (χ1v) is 23.4. The number of benzene rings is 3. The molecule has 0 radical (unpaired) electrons. The summed E-state index contributed by atoms with van der Waals surface area (Å²) in [6.45, 7) is 2.72. The maximum Gasteiger partial charge on any atom is 0.301 e. The van der Waals surface area contributed by atoms with Crippen molar-refractivity contribution in [2.45, 2.75) is 24.0 Å². The zero-order chi connectivity index (χ0) is 45.2. The van der Waals surface area contributed by atoms with Crippen molar-refractivity contribution in [2.75, 3.05) is 38.2 Å². The minimum atomic E-state index is -0.427. The van der Waals surface area contributed by atoms with Gasteiger partial charge in [0.25, 0.3) is 5.91 Å². The first-order chi connectivity index (χ1) is 32.4. The molecular weight excluding hydrogens is 922 g/mol. The second-order valence-corrected chi connectivity index (χ2v) is 17.4. The summed E-state index contributed by atoms with van der Waals surface area (Å²) in [4.78, 5) is 45.4. The molecule has 0 saturated carbocycles. The highest BCUT2D eigenvalue weighted by Crippen LogP contribution is 2.31. The Morgan fingerprint density at radius 2 is 1.73 bits per heavy atom. The van der Waals surface area contributed by atoms with Gasteiger partial charge in [0, 0.05) is 53.1 Å². The molecule has 3 aromatic carbocycles. The third kappa shape index (κ3) is 10.6. The Bertz CT molecular complexity index is 3150. The molecule has 0 atom stereocenters. The maximum atomic E-state index is 13.7. The molecule has 6 aromatic heterocycles. The molecule has 20 nitrogen and oxygen atoms in total. The van der Waals surface area contributed by atoms with Crippen LogP contribution in [0.1, 0.15) is 20.9 Å². The molecule has 24 heteroatoms. The average Bonchev–Trinajstić information content (AvgIpc) is 4.21. The number of rotatable bonds is 20. The number of carbonyl (C=O) groups excluding carboxylic acids is 1. The zero-order valence-electron chi connectivity index (χ0n) is 34.7. The Balaban J connectivity index is 0.753. The number of thiazole rings is 2. The van der Waals surface area contributed by atoms with Crippen molar-refractivity contribution >= 4 is 79.7 Å². The highest BCUT2D eigenvalue weighted by molar-refractivity contribution is 7.98. The molecule has 0 spiro atoms. The average molecular weight is 961 g/mol. The topological polar surface area (TPSA) is 252 Å². The number of halogens is 1. The highest BCUT2D eigenvalue weighted by Gasteiger charge is 2.20. The van der Waals surface area contributed by atoms with E-state index in [4.69, 9.17) is 32.0 Å². The van der Waals surface area contributed by atoms with Gasteiger partial charge >= 0.3 is 5.56 Å². The van der Waals surface area contributed by atoms with Crippen molar-refractivity contribution in [1.29, 1.82) is 0 Å². The minimum Gasteiger partial charge on any atom is -0.378 e. The molecule has 0 fully saturated rings. The van der Waals surface area contributed by atoms with E-state index in [0.717, 1.165) is 39.4 Å². The van der Waals surface area contributed by atoms with E-state index in [0.29, 0.717) is 81.4 Å². The summed E-state index contributed by atoms with van der Waals surface area (Å²) >= 11 is 9.86. The second kappa shape index (κ2) is 20.9. The second-order valence-electron chi connectivity index (χ2n) is 14.2. The smallest absolute Gasteiger partial charge is 0.301 e. The number of hydrogen-bond acceptors (Lipinski definition) is 18. The van der Waals surface area contributed by atoms with Gasteiger partial charge in [-0.2, -0.15) is 4.68 Å². The number of fused-ring (bicyclic) bond motifs is 1. The minimum absolute atomic E-state index is 0.0829. The van der Waals surface area contributed by atoms with Crippen LogP contribution in [0.2, 0.25) is 5.02 Å². The molecule has 0 saturated heterocycles. The lowest BCUT2D eigenvalue weighted by molar-refractivity contribution is 0.0909. The van der Waals surface area contributed by atoms with E-state index in [-0.39, 0.29) is 29.9 Å². The van der Waals surface area contributed by atoms with Gasteiger partial charge in [0.1, 0.15) is 4.88 Å². The maximum absolute atomic E-state index is 13.7. The number of aromatic amines is 1. The van der Waals surface area contributed by atoms with Crippen LogP contribution in [-0.2, 0) is 23.6 Å². The van der Waals surface area contributed by atoms with Gasteiger partial charge in [0.15, 0.2) is 27.8 Å². The van der Waals surface area contributed by atoms with Crippen molar-refractivity contribution in [1.82, 2.24) is 65.0 Å². The van der Waals surface area contributed by atoms with E-state index in [1.165, 1.54) is 34.0 Å². The summed E-state index contributed by atoms with van der Waals surface area (Å²) in [5, 5.41) is 38.7. The number of nitrogens with one attached hydrogen (secondary N) is 3. The van der Waals surface area contributed by atoms with Crippen molar-refractivity contribution in [2.24, 2.45) is 16.0 Å². The molecule has 6 heterocycles. The first kappa shape index (κ1) is 44.2. The van der Waals surface area contributed by atoms with Crippen LogP contribution in [0, 0.1) is 0 Å². The Kier molecular flexibility index (Phi) is 14.0. The van der Waals surface area contributed by atoms with Crippen molar-refractivity contribution in [3.05, 3.63) is 134 Å². The first-order valence-electron chi connectivity index (χ1n) is 20.3. The normalized spacial score (nSPS) is 11.5. The number of ether oxygens (including phenoxy) is 1. The molecule has 66 heavy (non-hydrogen) atoms. The highest BCUT2D eigenvalue weighted by atomic mass is 35.5. The third-order valence-corrected chi connectivity index (χ3v) is 12.4. The van der Waals surface area contributed by atoms with E-state index in [1.807, 2.05) is 96.5 Å². The fourth-order valence-electron chi connectivity index (χ4n) is 6.40. The lowest BCUT2D eigenvalue weighted by atomic mass is 10.1. The van der Waals surface area contributed by atoms with Gasteiger partial charge in [-0.15, -0.1) is 31.8 Å². The van der Waals surface area contributed by atoms with Gasteiger partial charge in [-0.25, -0.2) is 29.3 Å². The van der Waals surface area contributed by atoms with Crippen LogP contribution in [0.15, 0.2) is 123 Å². The van der Waals surface area contributed by atoms with Gasteiger partial charge in [-0.05, 0) is 17.7 Å². The molecule has 0 unspecified atom stereocenters. The number of hydrogen-bond donors (Lipinski definition) is 4. The molecule has 0 aliphatic heterocycles. The predicted octanol–water partition coefficient (Wildman–Crippen LogP) is 6.77. The number of nitrogens with two attached hydrogens (primary N) is 1. The van der Waals surface area contributed by atoms with Crippen molar-refractivity contribution in [3.63, 3.8) is 0 Å². The van der Waals surface area contributed by atoms with E-state index < -0.39 is 5.56 Å². The molecule has 0 bridgehead atoms. The van der Waals surface area contributed by atoms with Gasteiger partial charge < -0.3 is 21.1 Å². The third-order valence-electron chi connectivity index (χ3n) is 9.59. The monoisotopic (exact) mass is 959 g/mol. The molecule has 0 aliphatic rings. The van der Waals surface area contributed by atoms with Crippen LogP contribution in [0.5, 0.6) is 0 Å². The summed E-state index contributed by atoms with van der Waals surface area (Å²) < 4.78 is 10.5. The summed E-state index contributed by atoms with van der Waals surface area (Å²) in [5.41, 5.74) is 11.2. The number of H-pyrrole nitrogens is 1. The molecule has 9 rings (SSSR count). The number of amides is 1. The van der Waals surface area contributed by atoms with Crippen LogP contribution >= 0.6 is 46.0 Å². The Morgan fingerprint density at radius 3 is 2.53 bits per heavy atom. The van der Waals surface area contributed by atoms with Gasteiger partial charge in [-0.3, -0.25) is 14.7 Å². The van der Waals surface area contributed by atoms with E-state index >= 15 is 0 Å². The van der Waals surface area contributed by atoms with E-state index in [9.17, 15) is 9.59 Å². The standard InChI is InChI=1S/C42H38ClN17O3S3/c43-29-13-11-26(12-14-29)22-59-37-35(53-57-59)36(45-16-15-44)49-41(50-37)64-24-30-23-58(56-51-30)18-20-63-19-17-46-38(61)32-21-47-40(66-32)54-52-34-33(28-9-5-2-6-10-28)55-60(39(34)62)42-48-31(25-65-42)27-7-3-1-4-8-27/h1-14,21,23,25,55H,15-20,22,24,44H2,(H,46,61)(H,45,49,50). The SMILES string of the molecule is NCCNc1nc(SCc2cn(CCOCCNC(=O)c3cnc(N=Nc4c(-c5ccccc5)[nH]n(-c5nc(-c6ccccc6)cs5)c4=O)s3)nn2)nc2c1nnn2Cc1ccc(Cl)cc1. The fraction of sp³-hybridized carbons (Fsp3) is 0.190. The number of anilines is 1. The Hall–Kier alpha value is -7.02. The van der Waals surface area contributed by atoms with Crippen LogP contribution in [0.25, 0.3) is 38.8 Å². The number of nitrogens with zero attached hydrogens (tertiary/aromatic N) is 13. The quantitative estimate of drug-likeness (QED) is 0.0267. The molecule has 334 valence electrons. The van der Waals surface area contributed by atoms with Crippen LogP contribution in [-0.4, -0.2) is 98.5 Å². The molecule has 1 amide bonds. The summed E-state index contributed by atoms with van der Waals surface area (Å²) in [6, 6.07) is 26.6. The summed E-state index contributed by atoms with van der Waals surface area (Å²) in [6.07, 6.45) is 3.26. The molecule has 0 aliphatic carbocycles. The lowest BCUT2D eigenvalue weighted by Gasteiger charge is -2.08. The van der Waals surface area contributed by atoms with Crippen molar-refractivity contribution in [3.8, 4) is 27.6 Å². The summed E-state index contributed by atoms with van der Waals surface area (Å²) in [5.74, 6) is 0.685. The molecule has 5 N–H and O–H groups in total. The van der Waals surface area contributed by atoms with Crippen LogP contribution in [0.4, 0.5) is 16.6 Å².